The molecule has 1 saturated carbocycles. The van der Waals surface area contributed by atoms with Gasteiger partial charge < -0.3 is 11.1 Å². The third kappa shape index (κ3) is 2.60. The minimum Gasteiger partial charge on any atom is -0.376 e. The predicted molar refractivity (Wildman–Crippen MR) is 74.2 cm³/mol. The number of aryl methyl sites for hydroxylation is 1. The first kappa shape index (κ1) is 12.4. The largest absolute Gasteiger partial charge is 0.376 e. The number of aromatic nitrogens is 2. The van der Waals surface area contributed by atoms with Crippen LogP contribution in [0.4, 0.5) is 5.69 Å². The van der Waals surface area contributed by atoms with Crippen LogP contribution in [0.3, 0.4) is 0 Å². The maximum absolute atomic E-state index is 5.53. The van der Waals surface area contributed by atoms with Crippen LogP contribution in [0.5, 0.6) is 0 Å². The highest BCUT2D eigenvalue weighted by atomic mass is 32.1. The van der Waals surface area contributed by atoms with E-state index in [1.807, 2.05) is 6.92 Å². The van der Waals surface area contributed by atoms with Crippen molar-refractivity contribution in [2.75, 3.05) is 5.32 Å². The Balaban J connectivity index is 2.26. The van der Waals surface area contributed by atoms with Gasteiger partial charge in [0.15, 0.2) is 5.11 Å². The summed E-state index contributed by atoms with van der Waals surface area (Å²) in [6, 6.07) is 0.546. The molecular formula is C12H20N4S. The summed E-state index contributed by atoms with van der Waals surface area (Å²) in [6.07, 6.45) is 6.43. The van der Waals surface area contributed by atoms with E-state index >= 15 is 0 Å². The summed E-state index contributed by atoms with van der Waals surface area (Å²) in [7, 11) is 0. The van der Waals surface area contributed by atoms with E-state index in [9.17, 15) is 0 Å². The van der Waals surface area contributed by atoms with Crippen LogP contribution in [0.1, 0.15) is 49.5 Å². The molecule has 17 heavy (non-hydrogen) atoms. The van der Waals surface area contributed by atoms with Crippen LogP contribution in [-0.2, 0) is 0 Å². The van der Waals surface area contributed by atoms with E-state index in [0.29, 0.717) is 11.2 Å². The second kappa shape index (κ2) is 5.04. The number of nitrogens with two attached hydrogens (primary N) is 1. The van der Waals surface area contributed by atoms with Crippen molar-refractivity contribution in [3.8, 4) is 0 Å². The molecule has 94 valence electrons. The number of nitrogens with zero attached hydrogens (tertiary/aromatic N) is 2. The fourth-order valence-electron chi connectivity index (χ4n) is 2.65. The van der Waals surface area contributed by atoms with E-state index in [1.165, 1.54) is 32.1 Å². The van der Waals surface area contributed by atoms with E-state index in [1.54, 1.807) is 0 Å². The van der Waals surface area contributed by atoms with Crippen LogP contribution in [0.2, 0.25) is 0 Å². The summed E-state index contributed by atoms with van der Waals surface area (Å²) < 4.78 is 2.15. The summed E-state index contributed by atoms with van der Waals surface area (Å²) in [6.45, 7) is 4.07. The molecule has 2 rings (SSSR count). The SMILES string of the molecule is Cc1nn(C2CCCCC2)c(C)c1NC(N)=S. The summed E-state index contributed by atoms with van der Waals surface area (Å²) in [5.41, 5.74) is 8.62. The maximum Gasteiger partial charge on any atom is 0.168 e. The lowest BCUT2D eigenvalue weighted by atomic mass is 9.95. The van der Waals surface area contributed by atoms with Crippen LogP contribution in [0.25, 0.3) is 0 Å². The zero-order valence-corrected chi connectivity index (χ0v) is 11.3. The Morgan fingerprint density at radius 3 is 2.59 bits per heavy atom. The Hall–Kier alpha value is -1.10. The summed E-state index contributed by atoms with van der Waals surface area (Å²) in [5.74, 6) is 0. The molecule has 0 atom stereocenters. The number of nitrogens with one attached hydrogen (secondary N) is 1. The minimum atomic E-state index is 0.305. The smallest absolute Gasteiger partial charge is 0.168 e. The second-order valence-electron chi connectivity index (χ2n) is 4.77. The van der Waals surface area contributed by atoms with Crippen LogP contribution >= 0.6 is 12.2 Å². The molecule has 1 aliphatic rings. The van der Waals surface area contributed by atoms with Crippen LogP contribution in [0.15, 0.2) is 0 Å². The number of anilines is 1. The lowest BCUT2D eigenvalue weighted by Gasteiger charge is -2.23. The molecule has 5 heteroatoms. The fourth-order valence-corrected chi connectivity index (χ4v) is 2.75. The molecule has 1 aliphatic carbocycles. The molecule has 3 N–H and O–H groups in total. The predicted octanol–water partition coefficient (Wildman–Crippen LogP) is 2.66. The van der Waals surface area contributed by atoms with Gasteiger partial charge in [-0.05, 0) is 38.9 Å². The van der Waals surface area contributed by atoms with Gasteiger partial charge in [0, 0.05) is 0 Å². The van der Waals surface area contributed by atoms with Crippen molar-refractivity contribution in [2.24, 2.45) is 5.73 Å². The molecule has 0 bridgehead atoms. The Morgan fingerprint density at radius 2 is 2.00 bits per heavy atom. The van der Waals surface area contributed by atoms with Gasteiger partial charge in [-0.2, -0.15) is 5.10 Å². The van der Waals surface area contributed by atoms with Crippen molar-refractivity contribution in [2.45, 2.75) is 52.0 Å². The molecule has 1 aromatic heterocycles. The number of rotatable bonds is 2. The first-order valence-electron chi connectivity index (χ1n) is 6.21. The molecule has 0 aliphatic heterocycles. The first-order chi connectivity index (χ1) is 8.09. The molecule has 0 unspecified atom stereocenters. The van der Waals surface area contributed by atoms with Crippen molar-refractivity contribution in [1.82, 2.24) is 9.78 Å². The van der Waals surface area contributed by atoms with Crippen LogP contribution in [0, 0.1) is 13.8 Å². The topological polar surface area (TPSA) is 55.9 Å². The second-order valence-corrected chi connectivity index (χ2v) is 5.21. The quantitative estimate of drug-likeness (QED) is 0.795. The van der Waals surface area contributed by atoms with Gasteiger partial charge in [-0.25, -0.2) is 0 Å². The van der Waals surface area contributed by atoms with Gasteiger partial charge in [-0.1, -0.05) is 19.3 Å². The standard InChI is InChI=1S/C12H20N4S/c1-8-11(14-12(13)17)9(2)16(15-8)10-6-4-3-5-7-10/h10H,3-7H2,1-2H3,(H3,13,14,17). The Kier molecular flexibility index (Phi) is 3.66. The molecule has 0 aromatic carbocycles. The highest BCUT2D eigenvalue weighted by Gasteiger charge is 2.20. The van der Waals surface area contributed by atoms with Crippen molar-refractivity contribution in [3.05, 3.63) is 11.4 Å². The van der Waals surface area contributed by atoms with E-state index in [-0.39, 0.29) is 0 Å². The van der Waals surface area contributed by atoms with Gasteiger partial charge in [-0.3, -0.25) is 4.68 Å². The van der Waals surface area contributed by atoms with Gasteiger partial charge in [0.1, 0.15) is 0 Å². The van der Waals surface area contributed by atoms with Gasteiger partial charge in [0.2, 0.25) is 0 Å². The van der Waals surface area contributed by atoms with Gasteiger partial charge in [0.05, 0.1) is 23.1 Å². The molecule has 0 spiro atoms. The van der Waals surface area contributed by atoms with Gasteiger partial charge in [-0.15, -0.1) is 0 Å². The molecule has 1 fully saturated rings. The highest BCUT2D eigenvalue weighted by molar-refractivity contribution is 7.80. The number of hydrogen-bond donors (Lipinski definition) is 2. The number of hydrogen-bond acceptors (Lipinski definition) is 2. The molecule has 1 aromatic rings. The Labute approximate surface area is 108 Å². The van der Waals surface area contributed by atoms with Crippen molar-refractivity contribution >= 4 is 23.0 Å². The molecular weight excluding hydrogens is 232 g/mol. The molecule has 0 saturated heterocycles. The third-order valence-electron chi connectivity index (χ3n) is 3.49. The average Bonchev–Trinajstić information content (AvgIpc) is 2.58. The number of thiocarbonyl (C=S) groups is 1. The highest BCUT2D eigenvalue weighted by Crippen LogP contribution is 2.31. The maximum atomic E-state index is 5.53. The van der Waals surface area contributed by atoms with Crippen molar-refractivity contribution in [3.63, 3.8) is 0 Å². The zero-order chi connectivity index (χ0) is 12.4. The summed E-state index contributed by atoms with van der Waals surface area (Å²) in [4.78, 5) is 0. The van der Waals surface area contributed by atoms with E-state index in [4.69, 9.17) is 18.0 Å². The molecule has 4 nitrogen and oxygen atoms in total. The fraction of sp³-hybridized carbons (Fsp3) is 0.667. The summed E-state index contributed by atoms with van der Waals surface area (Å²) >= 11 is 4.89. The van der Waals surface area contributed by atoms with Crippen molar-refractivity contribution in [1.29, 1.82) is 0 Å². The monoisotopic (exact) mass is 252 g/mol. The first-order valence-corrected chi connectivity index (χ1v) is 6.62. The van der Waals surface area contributed by atoms with E-state index in [0.717, 1.165) is 17.1 Å². The Morgan fingerprint density at radius 1 is 1.35 bits per heavy atom. The minimum absolute atomic E-state index is 0.305. The summed E-state index contributed by atoms with van der Waals surface area (Å²) in [5, 5.41) is 7.96. The van der Waals surface area contributed by atoms with Gasteiger partial charge in [0.25, 0.3) is 0 Å². The lowest BCUT2D eigenvalue weighted by Crippen LogP contribution is -2.20. The molecule has 1 heterocycles. The molecule has 0 amide bonds. The lowest BCUT2D eigenvalue weighted by molar-refractivity contribution is 0.324. The zero-order valence-electron chi connectivity index (χ0n) is 10.5. The molecule has 0 radical (unpaired) electrons. The van der Waals surface area contributed by atoms with Gasteiger partial charge >= 0.3 is 0 Å². The van der Waals surface area contributed by atoms with Crippen LogP contribution < -0.4 is 11.1 Å². The van der Waals surface area contributed by atoms with Crippen LogP contribution in [-0.4, -0.2) is 14.9 Å². The Bertz CT molecular complexity index is 418. The normalized spacial score (nSPS) is 17.1. The average molecular weight is 252 g/mol. The third-order valence-corrected chi connectivity index (χ3v) is 3.60. The van der Waals surface area contributed by atoms with E-state index < -0.39 is 0 Å². The van der Waals surface area contributed by atoms with E-state index in [2.05, 4.69) is 22.0 Å². The van der Waals surface area contributed by atoms with Crippen molar-refractivity contribution < 1.29 is 0 Å².